The maximum absolute atomic E-state index is 5.99. The minimum Gasteiger partial charge on any atom is -0.380 e. The first-order valence-corrected chi connectivity index (χ1v) is 4.11. The normalized spacial score (nSPS) is 15.4. The number of hydrogen-bond donors (Lipinski definition) is 1. The summed E-state index contributed by atoms with van der Waals surface area (Å²) < 4.78 is 0. The molecule has 1 nitrogen and oxygen atoms in total. The van der Waals surface area contributed by atoms with Crippen LogP contribution >= 0.6 is 11.6 Å². The van der Waals surface area contributed by atoms with E-state index in [4.69, 9.17) is 11.6 Å². The van der Waals surface area contributed by atoms with E-state index in [1.807, 2.05) is 12.1 Å². The van der Waals surface area contributed by atoms with Gasteiger partial charge in [-0.05, 0) is 30.5 Å². The van der Waals surface area contributed by atoms with E-state index >= 15 is 0 Å². The summed E-state index contributed by atoms with van der Waals surface area (Å²) in [6, 6.07) is 5.96. The lowest BCUT2D eigenvalue weighted by atomic mass is 10.0. The van der Waals surface area contributed by atoms with Crippen molar-refractivity contribution in [2.24, 2.45) is 0 Å². The highest BCUT2D eigenvalue weighted by molar-refractivity contribution is 6.31. The van der Waals surface area contributed by atoms with Gasteiger partial charge in [0.15, 0.2) is 0 Å². The van der Waals surface area contributed by atoms with Gasteiger partial charge in [0.05, 0.1) is 0 Å². The molecule has 2 heteroatoms. The summed E-state index contributed by atoms with van der Waals surface area (Å²) in [6.45, 7) is 2.07. The second kappa shape index (κ2) is 2.74. The second-order valence-corrected chi connectivity index (χ2v) is 3.06. The Morgan fingerprint density at radius 1 is 1.36 bits per heavy atom. The molecule has 1 N–H and O–H groups in total. The molecule has 1 heterocycles. The number of halogens is 1. The van der Waals surface area contributed by atoms with Gasteiger partial charge < -0.3 is 5.32 Å². The molecule has 0 unspecified atom stereocenters. The van der Waals surface area contributed by atoms with Gasteiger partial charge in [-0.3, -0.25) is 0 Å². The molecule has 0 aromatic heterocycles. The summed E-state index contributed by atoms with van der Waals surface area (Å²) in [4.78, 5) is 0. The molecule has 0 aliphatic carbocycles. The molecule has 1 aromatic rings. The third-order valence-electron chi connectivity index (χ3n) is 1.92. The van der Waals surface area contributed by atoms with Crippen molar-refractivity contribution in [1.29, 1.82) is 0 Å². The van der Waals surface area contributed by atoms with E-state index in [0.29, 0.717) is 0 Å². The van der Waals surface area contributed by atoms with E-state index in [1.165, 1.54) is 5.56 Å². The maximum atomic E-state index is 5.99. The molecule has 1 aromatic carbocycles. The summed E-state index contributed by atoms with van der Waals surface area (Å²) in [6.07, 6.45) is 2.12. The third-order valence-corrected chi connectivity index (χ3v) is 2.27. The molecule has 1 aliphatic heterocycles. The van der Waals surface area contributed by atoms with Gasteiger partial charge in [-0.1, -0.05) is 17.7 Å². The van der Waals surface area contributed by atoms with E-state index in [0.717, 1.165) is 23.6 Å². The Hall–Kier alpha value is -0.690. The Balaban J connectivity index is 2.49. The predicted octanol–water partition coefficient (Wildman–Crippen LogP) is 2.86. The second-order valence-electron chi connectivity index (χ2n) is 2.65. The highest BCUT2D eigenvalue weighted by atomic mass is 35.5. The largest absolute Gasteiger partial charge is 0.380 e. The first-order valence-electron chi connectivity index (χ1n) is 3.73. The molecule has 0 saturated carbocycles. The summed E-state index contributed by atoms with van der Waals surface area (Å²) in [5.74, 6) is 0. The molecule has 1 radical (unpaired) electrons. The Morgan fingerprint density at radius 3 is 3.09 bits per heavy atom. The average Bonchev–Trinajstić information content (AvgIpc) is 2.06. The van der Waals surface area contributed by atoms with Crippen LogP contribution in [-0.2, 0) is 6.42 Å². The average molecular weight is 167 g/mol. The van der Waals surface area contributed by atoms with E-state index in [1.54, 1.807) is 0 Å². The van der Waals surface area contributed by atoms with Crippen LogP contribution in [0, 0.1) is 6.54 Å². The fourth-order valence-electron chi connectivity index (χ4n) is 1.35. The molecule has 2 rings (SSSR count). The summed E-state index contributed by atoms with van der Waals surface area (Å²) in [7, 11) is 0. The van der Waals surface area contributed by atoms with Crippen molar-refractivity contribution in [3.63, 3.8) is 0 Å². The summed E-state index contributed by atoms with van der Waals surface area (Å²) in [5.41, 5.74) is 2.40. The first-order chi connectivity index (χ1) is 5.38. The molecule has 11 heavy (non-hydrogen) atoms. The van der Waals surface area contributed by atoms with Gasteiger partial charge in [-0.2, -0.15) is 0 Å². The van der Waals surface area contributed by atoms with Gasteiger partial charge in [0, 0.05) is 17.3 Å². The maximum Gasteiger partial charge on any atom is 0.0466 e. The fraction of sp³-hybridized carbons (Fsp3) is 0.222. The molecule has 0 bridgehead atoms. The van der Waals surface area contributed by atoms with Gasteiger partial charge in [0.25, 0.3) is 0 Å². The van der Waals surface area contributed by atoms with Crippen LogP contribution in [0.25, 0.3) is 0 Å². The van der Waals surface area contributed by atoms with Crippen molar-refractivity contribution in [2.75, 3.05) is 5.32 Å². The zero-order valence-electron chi connectivity index (χ0n) is 6.10. The molecular weight excluding hydrogens is 158 g/mol. The molecule has 0 amide bonds. The lowest BCUT2D eigenvalue weighted by molar-refractivity contribution is 0.909. The van der Waals surface area contributed by atoms with Crippen molar-refractivity contribution in [2.45, 2.75) is 12.8 Å². The number of fused-ring (bicyclic) bond motifs is 1. The Bertz CT molecular complexity index is 270. The number of benzene rings is 1. The van der Waals surface area contributed by atoms with Crippen LogP contribution < -0.4 is 5.32 Å². The summed E-state index contributed by atoms with van der Waals surface area (Å²) >= 11 is 5.99. The zero-order chi connectivity index (χ0) is 7.68. The van der Waals surface area contributed by atoms with E-state index in [2.05, 4.69) is 17.9 Å². The minimum absolute atomic E-state index is 0.878. The van der Waals surface area contributed by atoms with Crippen LogP contribution in [0.4, 0.5) is 5.69 Å². The molecule has 0 fully saturated rings. The molecule has 57 valence electrons. The summed E-state index contributed by atoms with van der Waals surface area (Å²) in [5, 5.41) is 4.07. The van der Waals surface area contributed by atoms with Gasteiger partial charge in [0.1, 0.15) is 0 Å². The number of anilines is 1. The van der Waals surface area contributed by atoms with E-state index in [9.17, 15) is 0 Å². The van der Waals surface area contributed by atoms with Crippen molar-refractivity contribution in [3.8, 4) is 0 Å². The van der Waals surface area contributed by atoms with Crippen molar-refractivity contribution in [3.05, 3.63) is 35.3 Å². The van der Waals surface area contributed by atoms with Crippen LogP contribution in [0.1, 0.15) is 12.0 Å². The van der Waals surface area contributed by atoms with E-state index in [-0.39, 0.29) is 0 Å². The SMILES string of the molecule is Clc1cccc2c1CC[CH]N2. The Labute approximate surface area is 71.4 Å². The van der Waals surface area contributed by atoms with Crippen LogP contribution in [0.2, 0.25) is 5.02 Å². The first kappa shape index (κ1) is 6.99. The number of hydrogen-bond acceptors (Lipinski definition) is 1. The molecule has 0 atom stereocenters. The standard InChI is InChI=1S/C9H9ClN/c10-8-4-1-5-9-7(8)3-2-6-11-9/h1,4-6,11H,2-3H2. The number of rotatable bonds is 0. The highest BCUT2D eigenvalue weighted by Crippen LogP contribution is 2.29. The molecule has 0 spiro atoms. The quantitative estimate of drug-likeness (QED) is 0.625. The van der Waals surface area contributed by atoms with Crippen molar-refractivity contribution >= 4 is 17.3 Å². The van der Waals surface area contributed by atoms with Gasteiger partial charge in [-0.15, -0.1) is 0 Å². The highest BCUT2D eigenvalue weighted by Gasteiger charge is 2.10. The van der Waals surface area contributed by atoms with Gasteiger partial charge >= 0.3 is 0 Å². The van der Waals surface area contributed by atoms with Crippen LogP contribution in [-0.4, -0.2) is 0 Å². The van der Waals surface area contributed by atoms with Crippen LogP contribution in [0.15, 0.2) is 18.2 Å². The third kappa shape index (κ3) is 1.21. The van der Waals surface area contributed by atoms with Crippen LogP contribution in [0.3, 0.4) is 0 Å². The molecule has 0 saturated heterocycles. The smallest absolute Gasteiger partial charge is 0.0466 e. The number of nitrogens with one attached hydrogen (secondary N) is 1. The zero-order valence-corrected chi connectivity index (χ0v) is 6.86. The van der Waals surface area contributed by atoms with Crippen LogP contribution in [0.5, 0.6) is 0 Å². The van der Waals surface area contributed by atoms with E-state index < -0.39 is 0 Å². The molecule has 1 aliphatic rings. The topological polar surface area (TPSA) is 12.0 Å². The monoisotopic (exact) mass is 166 g/mol. The van der Waals surface area contributed by atoms with Gasteiger partial charge in [-0.25, -0.2) is 0 Å². The van der Waals surface area contributed by atoms with Crippen molar-refractivity contribution in [1.82, 2.24) is 0 Å². The minimum atomic E-state index is 0.878. The van der Waals surface area contributed by atoms with Gasteiger partial charge in [0.2, 0.25) is 0 Å². The predicted molar refractivity (Wildman–Crippen MR) is 47.7 cm³/mol. The van der Waals surface area contributed by atoms with Crippen molar-refractivity contribution < 1.29 is 0 Å². The molecular formula is C9H9ClN. The Kier molecular flexibility index (Phi) is 1.74. The fourth-order valence-corrected chi connectivity index (χ4v) is 1.62. The lowest BCUT2D eigenvalue weighted by Crippen LogP contribution is -2.06. The lowest BCUT2D eigenvalue weighted by Gasteiger charge is -2.17. The Morgan fingerprint density at radius 2 is 2.27 bits per heavy atom.